The topological polar surface area (TPSA) is 49.8 Å². The fourth-order valence-corrected chi connectivity index (χ4v) is 1.97. The lowest BCUT2D eigenvalue weighted by molar-refractivity contribution is -0.137. The van der Waals surface area contributed by atoms with E-state index in [0.717, 1.165) is 11.0 Å². The van der Waals surface area contributed by atoms with Crippen molar-refractivity contribution >= 4 is 6.09 Å². The van der Waals surface area contributed by atoms with Gasteiger partial charge in [0.25, 0.3) is 0 Å². The van der Waals surface area contributed by atoms with Crippen LogP contribution in [0.3, 0.4) is 0 Å². The molecule has 1 aliphatic rings. The normalized spacial score (nSPS) is 15.0. The molecule has 0 bridgehead atoms. The number of carbonyl (C=O) groups is 1. The molecule has 2 rings (SSSR count). The molecule has 1 N–H and O–H groups in total. The first-order valence-electron chi connectivity index (χ1n) is 6.06. The summed E-state index contributed by atoms with van der Waals surface area (Å²) in [6.07, 6.45) is -5.58. The van der Waals surface area contributed by atoms with Gasteiger partial charge in [-0.15, -0.1) is 0 Å². The van der Waals surface area contributed by atoms with Crippen LogP contribution in [0.1, 0.15) is 11.1 Å². The molecule has 7 heteroatoms. The third-order valence-electron chi connectivity index (χ3n) is 3.10. The highest BCUT2D eigenvalue weighted by molar-refractivity contribution is 5.66. The van der Waals surface area contributed by atoms with Gasteiger partial charge in [0, 0.05) is 13.1 Å². The van der Waals surface area contributed by atoms with Crippen molar-refractivity contribution in [3.63, 3.8) is 0 Å². The minimum Gasteiger partial charge on any atom is -0.495 e. The molecule has 4 nitrogen and oxygen atoms in total. The molecule has 0 spiro atoms. The average molecular weight is 299 g/mol. The van der Waals surface area contributed by atoms with Crippen LogP contribution in [0.15, 0.2) is 18.2 Å². The maximum Gasteiger partial charge on any atom is 0.417 e. The summed E-state index contributed by atoms with van der Waals surface area (Å²) < 4.78 is 43.7. The first-order valence-corrected chi connectivity index (χ1v) is 6.06. The van der Waals surface area contributed by atoms with Crippen LogP contribution in [0.2, 0.25) is 0 Å². The highest BCUT2D eigenvalue weighted by Crippen LogP contribution is 2.35. The molecule has 21 heavy (non-hydrogen) atoms. The number of ether oxygens (including phenoxy) is 1. The van der Waals surface area contributed by atoms with Gasteiger partial charge < -0.3 is 14.7 Å². The van der Waals surface area contributed by atoms with Gasteiger partial charge in [-0.05, 0) is 12.1 Å². The Morgan fingerprint density at radius 3 is 2.62 bits per heavy atom. The van der Waals surface area contributed by atoms with E-state index >= 15 is 0 Å². The Kier molecular flexibility index (Phi) is 3.98. The lowest BCUT2D eigenvalue weighted by atomic mass is 9.99. The molecule has 1 aromatic rings. The summed E-state index contributed by atoms with van der Waals surface area (Å²) in [5.74, 6) is 4.95. The summed E-state index contributed by atoms with van der Waals surface area (Å²) in [6.45, 7) is 0.414. The van der Waals surface area contributed by atoms with E-state index in [0.29, 0.717) is 0 Å². The molecule has 0 aliphatic carbocycles. The molecule has 0 unspecified atom stereocenters. The Morgan fingerprint density at radius 1 is 1.43 bits per heavy atom. The summed E-state index contributed by atoms with van der Waals surface area (Å²) in [7, 11) is 1.27. The van der Waals surface area contributed by atoms with Crippen LogP contribution in [0.4, 0.5) is 18.0 Å². The summed E-state index contributed by atoms with van der Waals surface area (Å²) >= 11 is 0. The van der Waals surface area contributed by atoms with E-state index < -0.39 is 17.8 Å². The van der Waals surface area contributed by atoms with Crippen LogP contribution >= 0.6 is 0 Å². The maximum atomic E-state index is 12.9. The van der Waals surface area contributed by atoms with E-state index in [1.807, 2.05) is 0 Å². The number of halogens is 3. The van der Waals surface area contributed by atoms with Crippen LogP contribution in [-0.2, 0) is 6.18 Å². The largest absolute Gasteiger partial charge is 0.495 e. The Balaban J connectivity index is 2.26. The van der Waals surface area contributed by atoms with Gasteiger partial charge in [-0.1, -0.05) is 17.9 Å². The van der Waals surface area contributed by atoms with Gasteiger partial charge in [-0.25, -0.2) is 4.79 Å². The Morgan fingerprint density at radius 2 is 2.10 bits per heavy atom. The van der Waals surface area contributed by atoms with Crippen LogP contribution in [0, 0.1) is 17.8 Å². The van der Waals surface area contributed by atoms with Crippen molar-refractivity contribution in [3.8, 4) is 17.6 Å². The number of benzene rings is 1. The monoisotopic (exact) mass is 299 g/mol. The highest BCUT2D eigenvalue weighted by atomic mass is 19.4. The number of hydrogen-bond donors (Lipinski definition) is 1. The lowest BCUT2D eigenvalue weighted by Crippen LogP contribution is -2.48. The summed E-state index contributed by atoms with van der Waals surface area (Å²) in [6, 6.07) is 3.60. The molecule has 112 valence electrons. The Hall–Kier alpha value is -2.36. The number of rotatable bonds is 1. The van der Waals surface area contributed by atoms with Crippen LogP contribution in [0.5, 0.6) is 5.75 Å². The molecule has 1 saturated heterocycles. The van der Waals surface area contributed by atoms with E-state index in [9.17, 15) is 18.0 Å². The first kappa shape index (κ1) is 15.0. The van der Waals surface area contributed by atoms with Crippen molar-refractivity contribution in [2.24, 2.45) is 5.92 Å². The fraction of sp³-hybridized carbons (Fsp3) is 0.357. The third-order valence-corrected chi connectivity index (χ3v) is 3.10. The van der Waals surface area contributed by atoms with Crippen molar-refractivity contribution in [2.45, 2.75) is 6.18 Å². The zero-order valence-corrected chi connectivity index (χ0v) is 11.1. The lowest BCUT2D eigenvalue weighted by Gasteiger charge is -2.33. The number of carboxylic acid groups (broad SMARTS) is 1. The van der Waals surface area contributed by atoms with E-state index in [1.165, 1.54) is 19.2 Å². The second-order valence-corrected chi connectivity index (χ2v) is 4.53. The predicted octanol–water partition coefficient (Wildman–Crippen LogP) is 2.68. The molecule has 0 saturated carbocycles. The van der Waals surface area contributed by atoms with E-state index in [-0.39, 0.29) is 30.3 Å². The summed E-state index contributed by atoms with van der Waals surface area (Å²) in [4.78, 5) is 11.7. The van der Waals surface area contributed by atoms with Crippen molar-refractivity contribution < 1.29 is 27.8 Å². The second kappa shape index (κ2) is 5.56. The smallest absolute Gasteiger partial charge is 0.417 e. The van der Waals surface area contributed by atoms with Gasteiger partial charge in [-0.2, -0.15) is 13.2 Å². The minimum atomic E-state index is -4.52. The molecule has 0 atom stereocenters. The summed E-state index contributed by atoms with van der Waals surface area (Å²) in [5.41, 5.74) is -1.08. The predicted molar refractivity (Wildman–Crippen MR) is 68.0 cm³/mol. The minimum absolute atomic E-state index is 0.0479. The van der Waals surface area contributed by atoms with E-state index in [2.05, 4.69) is 11.8 Å². The number of alkyl halides is 3. The maximum absolute atomic E-state index is 12.9. The molecule has 1 heterocycles. The SMILES string of the molecule is COc1cccc(C(F)(F)F)c1C#CC1CN(C(=O)O)C1. The van der Waals surface area contributed by atoms with Crippen LogP contribution < -0.4 is 4.74 Å². The molecular weight excluding hydrogens is 287 g/mol. The van der Waals surface area contributed by atoms with Crippen LogP contribution in [0.25, 0.3) is 0 Å². The Labute approximate surface area is 119 Å². The number of nitrogens with zero attached hydrogens (tertiary/aromatic N) is 1. The van der Waals surface area contributed by atoms with Crippen molar-refractivity contribution in [2.75, 3.05) is 20.2 Å². The van der Waals surface area contributed by atoms with Gasteiger partial charge in [0.05, 0.1) is 24.2 Å². The second-order valence-electron chi connectivity index (χ2n) is 4.53. The van der Waals surface area contributed by atoms with Gasteiger partial charge in [0.2, 0.25) is 0 Å². The van der Waals surface area contributed by atoms with Crippen molar-refractivity contribution in [1.29, 1.82) is 0 Å². The van der Waals surface area contributed by atoms with E-state index in [4.69, 9.17) is 9.84 Å². The number of likely N-dealkylation sites (tertiary alicyclic amines) is 1. The zero-order chi connectivity index (χ0) is 15.6. The molecule has 1 fully saturated rings. The standard InChI is InChI=1S/C14H12F3NO3/c1-21-12-4-2-3-11(14(15,16)17)10(12)6-5-9-7-18(8-9)13(19)20/h2-4,9H,7-8H2,1H3,(H,19,20). The molecule has 0 radical (unpaired) electrons. The van der Waals surface area contributed by atoms with Crippen molar-refractivity contribution in [3.05, 3.63) is 29.3 Å². The molecule has 1 amide bonds. The summed E-state index contributed by atoms with van der Waals surface area (Å²) in [5, 5.41) is 8.68. The number of amides is 1. The first-order chi connectivity index (χ1) is 9.82. The zero-order valence-electron chi connectivity index (χ0n) is 11.1. The Bertz CT molecular complexity index is 610. The van der Waals surface area contributed by atoms with Gasteiger partial charge in [0.15, 0.2) is 0 Å². The fourth-order valence-electron chi connectivity index (χ4n) is 1.97. The van der Waals surface area contributed by atoms with Crippen LogP contribution in [-0.4, -0.2) is 36.3 Å². The van der Waals surface area contributed by atoms with Gasteiger partial charge >= 0.3 is 12.3 Å². The van der Waals surface area contributed by atoms with Crippen molar-refractivity contribution in [1.82, 2.24) is 4.90 Å². The molecule has 0 aromatic heterocycles. The number of hydrogen-bond acceptors (Lipinski definition) is 2. The average Bonchev–Trinajstić information content (AvgIpc) is 2.35. The number of methoxy groups -OCH3 is 1. The van der Waals surface area contributed by atoms with E-state index in [1.54, 1.807) is 0 Å². The van der Waals surface area contributed by atoms with Gasteiger partial charge in [-0.3, -0.25) is 0 Å². The molecule has 1 aliphatic heterocycles. The highest BCUT2D eigenvalue weighted by Gasteiger charge is 2.34. The molecular formula is C14H12F3NO3. The quantitative estimate of drug-likeness (QED) is 0.811. The molecule has 1 aromatic carbocycles. The third kappa shape index (κ3) is 3.21. The van der Waals surface area contributed by atoms with Gasteiger partial charge in [0.1, 0.15) is 5.75 Å².